The summed E-state index contributed by atoms with van der Waals surface area (Å²) in [7, 11) is 1.46. The molecule has 3 atom stereocenters. The van der Waals surface area contributed by atoms with Crippen LogP contribution >= 0.6 is 0 Å². The maximum Gasteiger partial charge on any atom is 0.249 e. The summed E-state index contributed by atoms with van der Waals surface area (Å²) in [6.07, 6.45) is 3.42. The number of methoxy groups -OCH3 is 1. The van der Waals surface area contributed by atoms with Crippen molar-refractivity contribution in [1.82, 2.24) is 14.8 Å². The normalized spacial score (nSPS) is 22.6. The molecule has 0 aliphatic carbocycles. The molecule has 2 aromatic rings. The van der Waals surface area contributed by atoms with Crippen molar-refractivity contribution in [3.63, 3.8) is 0 Å². The van der Waals surface area contributed by atoms with Crippen LogP contribution in [0.25, 0.3) is 0 Å². The maximum absolute atomic E-state index is 12.6. The van der Waals surface area contributed by atoms with Crippen LogP contribution in [0.1, 0.15) is 22.6 Å². The topological polar surface area (TPSA) is 83.0 Å². The van der Waals surface area contributed by atoms with Crippen LogP contribution in [-0.4, -0.2) is 77.2 Å². The van der Waals surface area contributed by atoms with Gasteiger partial charge in [0, 0.05) is 43.1 Å². The quantitative estimate of drug-likeness (QED) is 0.755. The summed E-state index contributed by atoms with van der Waals surface area (Å²) in [6.45, 7) is 0.322. The highest BCUT2D eigenvalue weighted by molar-refractivity contribution is 5.88. The molecule has 154 valence electrons. The van der Waals surface area contributed by atoms with Crippen LogP contribution in [0.2, 0.25) is 0 Å². The van der Waals surface area contributed by atoms with Crippen LogP contribution in [0.5, 0.6) is 0 Å². The van der Waals surface area contributed by atoms with E-state index in [9.17, 15) is 14.7 Å². The van der Waals surface area contributed by atoms with Gasteiger partial charge in [-0.25, -0.2) is 0 Å². The van der Waals surface area contributed by atoms with Crippen LogP contribution in [0.3, 0.4) is 0 Å². The van der Waals surface area contributed by atoms with Crippen LogP contribution < -0.4 is 0 Å². The molecular formula is C23H23N3O4. The van der Waals surface area contributed by atoms with Crippen molar-refractivity contribution >= 4 is 11.8 Å². The predicted octanol–water partition coefficient (Wildman–Crippen LogP) is 0.625. The van der Waals surface area contributed by atoms with E-state index < -0.39 is 0 Å². The zero-order valence-corrected chi connectivity index (χ0v) is 16.7. The van der Waals surface area contributed by atoms with Gasteiger partial charge in [-0.2, -0.15) is 0 Å². The fraction of sp³-hybridized carbons (Fsp3) is 0.348. The molecule has 2 saturated heterocycles. The molecule has 3 heterocycles. The average molecular weight is 405 g/mol. The van der Waals surface area contributed by atoms with Gasteiger partial charge in [-0.1, -0.05) is 24.0 Å². The van der Waals surface area contributed by atoms with Crippen LogP contribution in [0, 0.1) is 11.8 Å². The number of ether oxygens (including phenoxy) is 1. The lowest BCUT2D eigenvalue weighted by molar-refractivity contribution is -0.168. The second kappa shape index (κ2) is 8.66. The first-order valence-corrected chi connectivity index (χ1v) is 9.83. The molecule has 2 fully saturated rings. The Balaban J connectivity index is 1.52. The maximum atomic E-state index is 12.6. The van der Waals surface area contributed by atoms with E-state index in [-0.39, 0.29) is 49.6 Å². The van der Waals surface area contributed by atoms with Gasteiger partial charge in [-0.15, -0.1) is 0 Å². The summed E-state index contributed by atoms with van der Waals surface area (Å²) >= 11 is 0. The molecule has 7 heteroatoms. The Morgan fingerprint density at radius 1 is 1.23 bits per heavy atom. The molecule has 0 bridgehead atoms. The van der Waals surface area contributed by atoms with Gasteiger partial charge < -0.3 is 19.6 Å². The molecule has 2 aliphatic rings. The first-order valence-electron chi connectivity index (χ1n) is 9.83. The van der Waals surface area contributed by atoms with E-state index in [0.717, 1.165) is 16.7 Å². The zero-order valence-electron chi connectivity index (χ0n) is 16.7. The first-order chi connectivity index (χ1) is 14.6. The van der Waals surface area contributed by atoms with Crippen molar-refractivity contribution in [2.45, 2.75) is 18.0 Å². The van der Waals surface area contributed by atoms with Crippen molar-refractivity contribution < 1.29 is 19.4 Å². The fourth-order valence-electron chi connectivity index (χ4n) is 4.27. The Morgan fingerprint density at radius 3 is 2.67 bits per heavy atom. The molecule has 2 amide bonds. The number of carbonyl (C=O) groups excluding carboxylic acids is 2. The molecule has 1 aromatic carbocycles. The Hall–Kier alpha value is -3.21. The number of hydrogen-bond acceptors (Lipinski definition) is 5. The highest BCUT2D eigenvalue weighted by Gasteiger charge is 2.54. The van der Waals surface area contributed by atoms with E-state index in [1.165, 1.54) is 7.11 Å². The molecule has 0 saturated carbocycles. The lowest BCUT2D eigenvalue weighted by Crippen LogP contribution is -2.73. The van der Waals surface area contributed by atoms with E-state index in [2.05, 4.69) is 16.8 Å². The van der Waals surface area contributed by atoms with Crippen molar-refractivity contribution in [3.8, 4) is 11.8 Å². The molecule has 30 heavy (non-hydrogen) atoms. The number of amides is 2. The molecule has 0 spiro atoms. The number of benzene rings is 1. The molecule has 0 unspecified atom stereocenters. The van der Waals surface area contributed by atoms with Gasteiger partial charge in [0.1, 0.15) is 6.61 Å². The number of piperazine rings is 1. The summed E-state index contributed by atoms with van der Waals surface area (Å²) in [5.41, 5.74) is 2.74. The third kappa shape index (κ3) is 3.80. The Labute approximate surface area is 175 Å². The summed E-state index contributed by atoms with van der Waals surface area (Å²) < 4.78 is 4.92. The minimum atomic E-state index is -0.269. The molecule has 7 nitrogen and oxygen atoms in total. The van der Waals surface area contributed by atoms with Crippen molar-refractivity contribution in [2.75, 3.05) is 33.4 Å². The number of hydrogen-bond donors (Lipinski definition) is 1. The molecular weight excluding hydrogens is 382 g/mol. The van der Waals surface area contributed by atoms with E-state index >= 15 is 0 Å². The predicted molar refractivity (Wildman–Crippen MR) is 109 cm³/mol. The average Bonchev–Trinajstić information content (AvgIpc) is 2.75. The van der Waals surface area contributed by atoms with Gasteiger partial charge in [0.25, 0.3) is 0 Å². The lowest BCUT2D eigenvalue weighted by Gasteiger charge is -2.58. The number of nitrogens with zero attached hydrogens (tertiary/aromatic N) is 3. The highest BCUT2D eigenvalue weighted by Crippen LogP contribution is 2.42. The third-order valence-corrected chi connectivity index (χ3v) is 5.68. The standard InChI is InChI=1S/C23H23N3O4/c1-30-15-22(29)25-12-19-23(20(14-27)26(19)21(28)13-25)18-8-6-16(7-9-18)4-5-17-3-2-10-24-11-17/h2-3,6-11,19-20,23,27H,12-15H2,1H3/t19-,20-,23-/m1/s1. The number of aliphatic hydroxyl groups is 1. The molecule has 0 radical (unpaired) electrons. The van der Waals surface area contributed by atoms with Crippen molar-refractivity contribution in [3.05, 3.63) is 65.5 Å². The number of pyridine rings is 1. The number of carbonyl (C=O) groups is 2. The molecule has 2 aliphatic heterocycles. The Bertz CT molecular complexity index is 981. The van der Waals surface area contributed by atoms with Gasteiger partial charge in [0.15, 0.2) is 0 Å². The second-order valence-corrected chi connectivity index (χ2v) is 7.47. The van der Waals surface area contributed by atoms with E-state index in [0.29, 0.717) is 6.54 Å². The molecule has 4 rings (SSSR count). The van der Waals surface area contributed by atoms with Gasteiger partial charge in [0.2, 0.25) is 11.8 Å². The first kappa shape index (κ1) is 20.1. The number of aromatic nitrogens is 1. The minimum Gasteiger partial charge on any atom is -0.394 e. The summed E-state index contributed by atoms with van der Waals surface area (Å²) in [4.78, 5) is 32.1. The Morgan fingerprint density at radius 2 is 2.00 bits per heavy atom. The van der Waals surface area contributed by atoms with Crippen LogP contribution in [0.4, 0.5) is 0 Å². The van der Waals surface area contributed by atoms with Gasteiger partial charge in [0.05, 0.1) is 25.2 Å². The summed E-state index contributed by atoms with van der Waals surface area (Å²) in [5, 5.41) is 9.88. The Kier molecular flexibility index (Phi) is 5.79. The van der Waals surface area contributed by atoms with Crippen LogP contribution in [0.15, 0.2) is 48.8 Å². The number of aliphatic hydroxyl groups excluding tert-OH is 1. The van der Waals surface area contributed by atoms with E-state index in [1.807, 2.05) is 36.4 Å². The monoisotopic (exact) mass is 405 g/mol. The number of fused-ring (bicyclic) bond motifs is 1. The largest absolute Gasteiger partial charge is 0.394 e. The van der Waals surface area contributed by atoms with Crippen LogP contribution in [-0.2, 0) is 14.3 Å². The third-order valence-electron chi connectivity index (χ3n) is 5.68. The van der Waals surface area contributed by atoms with Crippen molar-refractivity contribution in [1.29, 1.82) is 0 Å². The van der Waals surface area contributed by atoms with Crippen molar-refractivity contribution in [2.24, 2.45) is 0 Å². The SMILES string of the molecule is COCC(=O)N1CC(=O)N2[C@H](CO)[C@H](c3ccc(C#Cc4cccnc4)cc3)[C@H]2C1. The molecule has 1 aromatic heterocycles. The van der Waals surface area contributed by atoms with Gasteiger partial charge in [-0.3, -0.25) is 14.6 Å². The van der Waals surface area contributed by atoms with Gasteiger partial charge in [-0.05, 0) is 29.8 Å². The summed E-state index contributed by atoms with van der Waals surface area (Å²) in [5.74, 6) is 5.83. The lowest BCUT2D eigenvalue weighted by atomic mass is 9.73. The minimum absolute atomic E-state index is 0.0302. The molecule has 1 N–H and O–H groups in total. The second-order valence-electron chi connectivity index (χ2n) is 7.47. The summed E-state index contributed by atoms with van der Waals surface area (Å²) in [6, 6.07) is 11.2. The fourth-order valence-corrected chi connectivity index (χ4v) is 4.27. The number of rotatable bonds is 4. The van der Waals surface area contributed by atoms with Gasteiger partial charge >= 0.3 is 0 Å². The zero-order chi connectivity index (χ0) is 21.1. The van der Waals surface area contributed by atoms with E-state index in [4.69, 9.17) is 4.74 Å². The smallest absolute Gasteiger partial charge is 0.249 e. The van der Waals surface area contributed by atoms with E-state index in [1.54, 1.807) is 22.2 Å². The highest BCUT2D eigenvalue weighted by atomic mass is 16.5.